The third-order valence-electron chi connectivity index (χ3n) is 2.06. The van der Waals surface area contributed by atoms with Crippen molar-refractivity contribution in [3.8, 4) is 6.07 Å². The van der Waals surface area contributed by atoms with Crippen molar-refractivity contribution in [1.29, 1.82) is 5.26 Å². The molecule has 0 aliphatic carbocycles. The van der Waals surface area contributed by atoms with E-state index in [9.17, 15) is 4.79 Å². The van der Waals surface area contributed by atoms with Gasteiger partial charge in [0.15, 0.2) is 0 Å². The number of aromatic carboxylic acids is 1. The summed E-state index contributed by atoms with van der Waals surface area (Å²) in [6.45, 7) is 0. The average molecular weight is 257 g/mol. The summed E-state index contributed by atoms with van der Waals surface area (Å²) in [7, 11) is 0. The van der Waals surface area contributed by atoms with E-state index in [1.807, 2.05) is 6.07 Å². The van der Waals surface area contributed by atoms with Gasteiger partial charge in [0, 0.05) is 17.3 Å². The van der Waals surface area contributed by atoms with E-state index >= 15 is 0 Å². The lowest BCUT2D eigenvalue weighted by Crippen LogP contribution is -2.00. The van der Waals surface area contributed by atoms with Crippen LogP contribution >= 0.6 is 11.8 Å². The molecule has 0 saturated carbocycles. The Morgan fingerprint density at radius 3 is 2.89 bits per heavy atom. The van der Waals surface area contributed by atoms with E-state index in [4.69, 9.17) is 10.4 Å². The van der Waals surface area contributed by atoms with Gasteiger partial charge in [-0.3, -0.25) is 0 Å². The maximum Gasteiger partial charge on any atom is 0.338 e. The van der Waals surface area contributed by atoms with Crippen molar-refractivity contribution in [3.63, 3.8) is 0 Å². The quantitative estimate of drug-likeness (QED) is 0.906. The van der Waals surface area contributed by atoms with Crippen LogP contribution in [0, 0.1) is 11.3 Å². The lowest BCUT2D eigenvalue weighted by atomic mass is 10.3. The van der Waals surface area contributed by atoms with E-state index in [1.54, 1.807) is 18.2 Å². The van der Waals surface area contributed by atoms with E-state index < -0.39 is 5.97 Å². The van der Waals surface area contributed by atoms with Crippen LogP contribution < -0.4 is 0 Å². The molecule has 0 aliphatic heterocycles. The number of carboxylic acid groups (broad SMARTS) is 1. The first-order chi connectivity index (χ1) is 8.70. The van der Waals surface area contributed by atoms with E-state index in [0.717, 1.165) is 4.90 Å². The lowest BCUT2D eigenvalue weighted by Gasteiger charge is -2.04. The largest absolute Gasteiger partial charge is 0.478 e. The highest BCUT2D eigenvalue weighted by molar-refractivity contribution is 7.99. The molecule has 2 heterocycles. The van der Waals surface area contributed by atoms with Gasteiger partial charge < -0.3 is 5.11 Å². The maximum absolute atomic E-state index is 11.0. The Morgan fingerprint density at radius 1 is 1.33 bits per heavy atom. The molecule has 2 aromatic rings. The zero-order valence-corrected chi connectivity index (χ0v) is 9.89. The van der Waals surface area contributed by atoms with Crippen molar-refractivity contribution in [2.45, 2.75) is 9.92 Å². The van der Waals surface area contributed by atoms with Crippen molar-refractivity contribution in [2.24, 2.45) is 0 Å². The third kappa shape index (κ3) is 2.64. The van der Waals surface area contributed by atoms with Gasteiger partial charge in [-0.05, 0) is 24.3 Å². The molecule has 2 rings (SSSR count). The number of nitrogens with zero attached hydrogens (tertiary/aromatic N) is 3. The summed E-state index contributed by atoms with van der Waals surface area (Å²) in [6.07, 6.45) is 3.03. The summed E-state index contributed by atoms with van der Waals surface area (Å²) in [5, 5.41) is 18.2. The molecule has 1 N–H and O–H groups in total. The molecular weight excluding hydrogens is 250 g/mol. The molecule has 0 fully saturated rings. The number of hydrogen-bond acceptors (Lipinski definition) is 5. The topological polar surface area (TPSA) is 86.9 Å². The van der Waals surface area contributed by atoms with Crippen molar-refractivity contribution >= 4 is 17.7 Å². The van der Waals surface area contributed by atoms with Gasteiger partial charge in [0.1, 0.15) is 16.8 Å². The van der Waals surface area contributed by atoms with Gasteiger partial charge in [-0.1, -0.05) is 11.8 Å². The molecule has 18 heavy (non-hydrogen) atoms. The van der Waals surface area contributed by atoms with Gasteiger partial charge >= 0.3 is 5.97 Å². The highest BCUT2D eigenvalue weighted by Crippen LogP contribution is 2.28. The van der Waals surface area contributed by atoms with Crippen LogP contribution in [-0.4, -0.2) is 21.0 Å². The van der Waals surface area contributed by atoms with Crippen LogP contribution in [0.3, 0.4) is 0 Å². The monoisotopic (exact) mass is 257 g/mol. The van der Waals surface area contributed by atoms with Crippen molar-refractivity contribution in [1.82, 2.24) is 9.97 Å². The number of rotatable bonds is 3. The Morgan fingerprint density at radius 2 is 2.17 bits per heavy atom. The molecule has 0 atom stereocenters. The normalized spacial score (nSPS) is 9.72. The summed E-state index contributed by atoms with van der Waals surface area (Å²) in [6, 6.07) is 8.28. The Labute approximate surface area is 107 Å². The molecule has 5 nitrogen and oxygen atoms in total. The first-order valence-corrected chi connectivity index (χ1v) is 5.74. The highest BCUT2D eigenvalue weighted by Gasteiger charge is 2.12. The molecule has 6 heteroatoms. The summed E-state index contributed by atoms with van der Waals surface area (Å²) < 4.78 is 0. The number of carboxylic acids is 1. The molecular formula is C12H7N3O2S. The van der Waals surface area contributed by atoms with Crippen LogP contribution in [-0.2, 0) is 0 Å². The van der Waals surface area contributed by atoms with Gasteiger partial charge in [-0.2, -0.15) is 5.26 Å². The van der Waals surface area contributed by atoms with E-state index in [-0.39, 0.29) is 11.3 Å². The average Bonchev–Trinajstić information content (AvgIpc) is 2.39. The minimum Gasteiger partial charge on any atom is -0.478 e. The third-order valence-corrected chi connectivity index (χ3v) is 3.07. The van der Waals surface area contributed by atoms with Crippen LogP contribution in [0.25, 0.3) is 0 Å². The fourth-order valence-corrected chi connectivity index (χ4v) is 2.18. The molecule has 0 unspecified atom stereocenters. The summed E-state index contributed by atoms with van der Waals surface area (Å²) in [5.74, 6) is -1.03. The smallest absolute Gasteiger partial charge is 0.338 e. The lowest BCUT2D eigenvalue weighted by molar-refractivity contribution is 0.0692. The Balaban J connectivity index is 2.34. The molecule has 88 valence electrons. The number of hydrogen-bond donors (Lipinski definition) is 1. The van der Waals surface area contributed by atoms with Gasteiger partial charge in [0.05, 0.1) is 5.56 Å². The second-order valence-electron chi connectivity index (χ2n) is 3.25. The van der Waals surface area contributed by atoms with Crippen LogP contribution in [0.2, 0.25) is 0 Å². The number of aromatic nitrogens is 2. The predicted molar refractivity (Wildman–Crippen MR) is 64.3 cm³/mol. The molecule has 0 aliphatic rings. The molecule has 0 radical (unpaired) electrons. The summed E-state index contributed by atoms with van der Waals surface area (Å²) in [4.78, 5) is 19.6. The van der Waals surface area contributed by atoms with Crippen molar-refractivity contribution in [3.05, 3.63) is 47.9 Å². The Hall–Kier alpha value is -2.39. The first-order valence-electron chi connectivity index (χ1n) is 4.93. The number of carbonyl (C=O) groups is 1. The molecule has 0 spiro atoms. The number of pyridine rings is 2. The van der Waals surface area contributed by atoms with E-state index in [0.29, 0.717) is 5.03 Å². The summed E-state index contributed by atoms with van der Waals surface area (Å²) in [5.41, 5.74) is 0.422. The fraction of sp³-hybridized carbons (Fsp3) is 0. The minimum absolute atomic E-state index is 0.137. The van der Waals surface area contributed by atoms with Crippen molar-refractivity contribution < 1.29 is 9.90 Å². The van der Waals surface area contributed by atoms with Crippen molar-refractivity contribution in [2.75, 3.05) is 0 Å². The Kier molecular flexibility index (Phi) is 3.55. The van der Waals surface area contributed by atoms with Crippen LogP contribution in [0.5, 0.6) is 0 Å². The van der Waals surface area contributed by atoms with Gasteiger partial charge in [-0.15, -0.1) is 0 Å². The van der Waals surface area contributed by atoms with E-state index in [1.165, 1.54) is 30.2 Å². The van der Waals surface area contributed by atoms with Gasteiger partial charge in [-0.25, -0.2) is 14.8 Å². The zero-order chi connectivity index (χ0) is 13.0. The molecule has 0 bridgehead atoms. The predicted octanol–water partition coefficient (Wildman–Crippen LogP) is 2.20. The second kappa shape index (κ2) is 5.29. The standard InChI is InChI=1S/C12H7N3O2S/c13-7-8-6-9(3-5-14-8)18-11-10(12(16)17)2-1-4-15-11/h1-6H,(H,16,17). The molecule has 0 aromatic carbocycles. The van der Waals surface area contributed by atoms with Gasteiger partial charge in [0.2, 0.25) is 0 Å². The summed E-state index contributed by atoms with van der Waals surface area (Å²) >= 11 is 1.19. The maximum atomic E-state index is 11.0. The number of nitriles is 1. The SMILES string of the molecule is N#Cc1cc(Sc2ncccc2C(=O)O)ccn1. The molecule has 0 saturated heterocycles. The minimum atomic E-state index is -1.03. The molecule has 2 aromatic heterocycles. The Bertz CT molecular complexity index is 637. The molecule has 0 amide bonds. The van der Waals surface area contributed by atoms with E-state index in [2.05, 4.69) is 9.97 Å². The van der Waals surface area contributed by atoms with Crippen LogP contribution in [0.1, 0.15) is 16.1 Å². The fourth-order valence-electron chi connectivity index (χ4n) is 1.28. The highest BCUT2D eigenvalue weighted by atomic mass is 32.2. The van der Waals surface area contributed by atoms with Crippen LogP contribution in [0.4, 0.5) is 0 Å². The first kappa shape index (κ1) is 12.1. The van der Waals surface area contributed by atoms with Crippen LogP contribution in [0.15, 0.2) is 46.6 Å². The zero-order valence-electron chi connectivity index (χ0n) is 9.07. The van der Waals surface area contributed by atoms with Gasteiger partial charge in [0.25, 0.3) is 0 Å². The second-order valence-corrected chi connectivity index (χ2v) is 4.31.